The van der Waals surface area contributed by atoms with Gasteiger partial charge in [0.1, 0.15) is 47.1 Å². The summed E-state index contributed by atoms with van der Waals surface area (Å²) >= 11 is 5.23. The summed E-state index contributed by atoms with van der Waals surface area (Å²) in [7, 11) is 0. The smallest absolute Gasteiger partial charge is 0.129 e. The second kappa shape index (κ2) is 31.3. The minimum atomic E-state index is 0.986. The molecule has 0 aliphatic carbocycles. The Labute approximate surface area is 751 Å². The van der Waals surface area contributed by atoms with Crippen LogP contribution in [0.1, 0.15) is 0 Å². The molecule has 0 amide bonds. The van der Waals surface area contributed by atoms with Crippen molar-refractivity contribution < 1.29 is 0 Å². The molecule has 0 radical (unpaired) electrons. The van der Waals surface area contributed by atoms with Gasteiger partial charge in [-0.15, -0.1) is 0 Å². The second-order valence-corrected chi connectivity index (χ2v) is 35.0. The summed E-state index contributed by atoms with van der Waals surface area (Å²) in [4.78, 5) is 29.2. The lowest BCUT2D eigenvalue weighted by atomic mass is 10.1. The lowest BCUT2D eigenvalue weighted by molar-refractivity contribution is 1.14. The molecule has 0 atom stereocenters. The first-order chi connectivity index (χ1) is 64.1. The Hall–Kier alpha value is -16.6. The average molecular weight is 1710 g/mol. The van der Waals surface area contributed by atoms with Crippen molar-refractivity contribution in [2.45, 2.75) is 0 Å². The first-order valence-corrected chi connectivity index (χ1v) is 45.5. The molecule has 0 saturated carbocycles. The summed E-state index contributed by atoms with van der Waals surface area (Å²) in [5, 5.41) is 21.0. The van der Waals surface area contributed by atoms with E-state index in [1.165, 1.54) is 109 Å². The molecule has 12 aromatic heterocycles. The molecule has 0 fully saturated rings. The molecule has 129 heavy (non-hydrogen) atoms. The minimum absolute atomic E-state index is 0.986. The van der Waals surface area contributed by atoms with E-state index in [4.69, 9.17) is 15.0 Å². The zero-order valence-electron chi connectivity index (χ0n) is 69.2. The zero-order valence-corrected chi connectivity index (χ0v) is 71.6. The summed E-state index contributed by atoms with van der Waals surface area (Å²) in [5.41, 5.74) is 26.8. The number of aromatic nitrogens is 12. The van der Waals surface area contributed by atoms with E-state index in [2.05, 4.69) is 425 Å². The van der Waals surface area contributed by atoms with E-state index in [-0.39, 0.29) is 0 Å². The Kier molecular flexibility index (Phi) is 18.2. The van der Waals surface area contributed by atoms with Gasteiger partial charge < -0.3 is 13.7 Å². The van der Waals surface area contributed by atoms with Gasteiger partial charge in [0.2, 0.25) is 0 Å². The Bertz CT molecular complexity index is 8960. The van der Waals surface area contributed by atoms with Gasteiger partial charge in [-0.05, 0) is 97.1 Å². The number of nitrogens with zero attached hydrogens (tertiary/aromatic N) is 12. The number of fused-ring (bicyclic) bond motifs is 20. The van der Waals surface area contributed by atoms with E-state index >= 15 is 0 Å². The number of para-hydroxylation sites is 6. The average Bonchev–Trinajstić information content (AvgIpc) is 1.55. The highest BCUT2D eigenvalue weighted by Gasteiger charge is 2.30. The van der Waals surface area contributed by atoms with Crippen molar-refractivity contribution in [3.63, 3.8) is 0 Å². The number of hydrogen-bond acceptors (Lipinski definition) is 9. The van der Waals surface area contributed by atoms with E-state index < -0.39 is 0 Å². The predicted molar refractivity (Wildman–Crippen MR) is 538 cm³/mol. The second-order valence-electron chi connectivity index (χ2n) is 32.1. The summed E-state index contributed by atoms with van der Waals surface area (Å²) in [5.74, 6) is 0. The first kappa shape index (κ1) is 75.0. The summed E-state index contributed by atoms with van der Waals surface area (Å²) in [6, 6.07) is 142. The van der Waals surface area contributed by atoms with Crippen LogP contribution in [0.4, 0.5) is 0 Å². The molecule has 0 spiro atoms. The molecule has 0 bridgehead atoms. The van der Waals surface area contributed by atoms with Crippen LogP contribution in [-0.2, 0) is 0 Å². The fourth-order valence-corrected chi connectivity index (χ4v) is 22.6. The van der Waals surface area contributed by atoms with E-state index in [1.54, 1.807) is 34.0 Å². The summed E-state index contributed by atoms with van der Waals surface area (Å²) in [6.45, 7) is 0. The van der Waals surface area contributed by atoms with Crippen LogP contribution >= 0.6 is 34.0 Å². The molecule has 15 aromatic carbocycles. The van der Waals surface area contributed by atoms with Crippen molar-refractivity contribution >= 4 is 165 Å². The molecule has 27 rings (SSSR count). The molecule has 0 unspecified atom stereocenters. The predicted octanol–water partition coefficient (Wildman–Crippen LogP) is 30.2. The lowest BCUT2D eigenvalue weighted by Crippen LogP contribution is -1.96. The SMILES string of the molecule is c1ccc(-c2nc(-c3ccccc3)c(-n3c4ccccc4c4c3ccc3c5ccccc5n(-c5cccnc5)c34)s2)cc1.c1ccc(-c2nc(-c3ccccc3)c(-n3c4ccccc4c4cc5c(cc43)c3ccccc3n5-c3cccnc3)s2)cc1.c1ccc(-c2nc(-c3ccccc3)c(-n3c4ccccc4c4ccc5c(c6ccccc6n5-c5cccnc5)c43)s2)cc1. The van der Waals surface area contributed by atoms with Gasteiger partial charge in [0.15, 0.2) is 0 Å². The standard InChI is InChI=1S/3C38H24N4S/c1-3-12-25(13-4-1)35-38(43-37(40-35)26-14-5-2-6-15-26)42-31-19-9-7-17-28(31)29-21-22-33-34(36(29)42)30-18-8-10-20-32(30)41(33)27-16-11-23-39-24-27;1-3-12-25(13-4-1)35-38(43-37(40-35)26-14-5-2-6-15-26)42-32-20-10-8-18-30(32)34-33(42)22-21-29-28-17-7-9-19-31(28)41(36(29)34)27-16-11-23-39-24-27;1-3-12-25(13-4-1)36-38(43-37(40-36)26-14-5-2-6-15-26)42-33-20-10-8-18-29(33)31-22-34-30(23-35(31)42)28-17-7-9-19-32(28)41(34)27-16-11-21-39-24-27/h3*1-24H. The molecule has 0 saturated heterocycles. The molecular formula is C114H72N12S3. The quantitative estimate of drug-likeness (QED) is 0.121. The largest absolute Gasteiger partial charge is 0.308 e. The molecular weight excluding hydrogens is 1630 g/mol. The fraction of sp³-hybridized carbons (Fsp3) is 0. The molecule has 0 N–H and O–H groups in total. The van der Waals surface area contributed by atoms with Gasteiger partial charge in [-0.1, -0.05) is 337 Å². The van der Waals surface area contributed by atoms with E-state index in [0.29, 0.717) is 0 Å². The molecule has 12 heterocycles. The fourth-order valence-electron chi connectivity index (χ4n) is 19.2. The summed E-state index contributed by atoms with van der Waals surface area (Å²) < 4.78 is 14.3. The van der Waals surface area contributed by atoms with Crippen molar-refractivity contribution in [2.24, 2.45) is 0 Å². The van der Waals surface area contributed by atoms with E-state index in [9.17, 15) is 0 Å². The highest BCUT2D eigenvalue weighted by Crippen LogP contribution is 2.51. The van der Waals surface area contributed by atoms with Crippen LogP contribution in [0, 0.1) is 0 Å². The number of rotatable bonds is 12. The van der Waals surface area contributed by atoms with Gasteiger partial charge in [0.05, 0.1) is 102 Å². The zero-order chi connectivity index (χ0) is 85.0. The molecule has 12 nitrogen and oxygen atoms in total. The van der Waals surface area contributed by atoms with Crippen LogP contribution in [-0.4, -0.2) is 57.3 Å². The monoisotopic (exact) mass is 1700 g/mol. The van der Waals surface area contributed by atoms with Gasteiger partial charge in [0, 0.05) is 117 Å². The lowest BCUT2D eigenvalue weighted by Gasteiger charge is -2.10. The van der Waals surface area contributed by atoms with Crippen molar-refractivity contribution in [3.8, 4) is 97.6 Å². The molecule has 0 aliphatic rings. The highest BCUT2D eigenvalue weighted by molar-refractivity contribution is 7.19. The van der Waals surface area contributed by atoms with Crippen LogP contribution in [0.3, 0.4) is 0 Å². The van der Waals surface area contributed by atoms with Crippen molar-refractivity contribution in [1.82, 2.24) is 57.3 Å². The van der Waals surface area contributed by atoms with Crippen molar-refractivity contribution in [2.75, 3.05) is 0 Å². The molecule has 606 valence electrons. The maximum Gasteiger partial charge on any atom is 0.129 e. The third kappa shape index (κ3) is 12.4. The van der Waals surface area contributed by atoms with Crippen LogP contribution < -0.4 is 0 Å². The van der Waals surface area contributed by atoms with Gasteiger partial charge >= 0.3 is 0 Å². The normalized spacial score (nSPS) is 11.7. The topological polar surface area (TPSA) is 107 Å². The molecule has 27 aromatic rings. The van der Waals surface area contributed by atoms with Crippen LogP contribution in [0.2, 0.25) is 0 Å². The van der Waals surface area contributed by atoms with Crippen LogP contribution in [0.5, 0.6) is 0 Å². The third-order valence-corrected chi connectivity index (χ3v) is 28.0. The van der Waals surface area contributed by atoms with Crippen molar-refractivity contribution in [1.29, 1.82) is 0 Å². The van der Waals surface area contributed by atoms with Crippen LogP contribution in [0.15, 0.2) is 438 Å². The Morgan fingerprint density at radius 2 is 0.442 bits per heavy atom. The van der Waals surface area contributed by atoms with E-state index in [1.807, 2.05) is 55.4 Å². The minimum Gasteiger partial charge on any atom is -0.308 e. The number of pyridine rings is 3. The van der Waals surface area contributed by atoms with Gasteiger partial charge in [-0.25, -0.2) is 15.0 Å². The van der Waals surface area contributed by atoms with Gasteiger partial charge in [-0.2, -0.15) is 0 Å². The van der Waals surface area contributed by atoms with Crippen molar-refractivity contribution in [3.05, 3.63) is 438 Å². The van der Waals surface area contributed by atoms with E-state index in [0.717, 1.165) is 120 Å². The Morgan fingerprint density at radius 3 is 0.822 bits per heavy atom. The number of hydrogen-bond donors (Lipinski definition) is 0. The highest BCUT2D eigenvalue weighted by atomic mass is 32.1. The Morgan fingerprint density at radius 1 is 0.178 bits per heavy atom. The molecule has 0 aliphatic heterocycles. The number of benzene rings is 15. The Balaban J connectivity index is 0.000000105. The summed E-state index contributed by atoms with van der Waals surface area (Å²) in [6.07, 6.45) is 11.3. The van der Waals surface area contributed by atoms with Gasteiger partial charge in [-0.3, -0.25) is 28.7 Å². The maximum absolute atomic E-state index is 5.30. The third-order valence-electron chi connectivity index (χ3n) is 24.8. The van der Waals surface area contributed by atoms with Crippen LogP contribution in [0.25, 0.3) is 228 Å². The number of thiazole rings is 3. The first-order valence-electron chi connectivity index (χ1n) is 43.0. The van der Waals surface area contributed by atoms with Gasteiger partial charge in [0.25, 0.3) is 0 Å². The maximum atomic E-state index is 5.30. The molecule has 15 heteroatoms.